The highest BCUT2D eigenvalue weighted by molar-refractivity contribution is 5.76. The van der Waals surface area contributed by atoms with Gasteiger partial charge in [0.05, 0.1) is 5.92 Å². The maximum Gasteiger partial charge on any atom is 0.315 e. The Labute approximate surface area is 115 Å². The van der Waals surface area contributed by atoms with E-state index in [1.54, 1.807) is 6.92 Å². The van der Waals surface area contributed by atoms with Crippen LogP contribution in [0.4, 0.5) is 4.79 Å². The number of likely N-dealkylation sites (N-methyl/N-ethyl adjacent to an activating group) is 1. The molecule has 0 aromatic carbocycles. The molecule has 0 aliphatic heterocycles. The van der Waals surface area contributed by atoms with Crippen molar-refractivity contribution in [2.24, 2.45) is 11.8 Å². The lowest BCUT2D eigenvalue weighted by molar-refractivity contribution is -0.141. The van der Waals surface area contributed by atoms with Crippen molar-refractivity contribution >= 4 is 12.0 Å². The summed E-state index contributed by atoms with van der Waals surface area (Å²) in [4.78, 5) is 24.6. The molecule has 2 atom stereocenters. The maximum atomic E-state index is 11.7. The predicted molar refractivity (Wildman–Crippen MR) is 75.1 cm³/mol. The second-order valence-electron chi connectivity index (χ2n) is 5.41. The molecule has 0 aliphatic carbocycles. The molecule has 2 amide bonds. The van der Waals surface area contributed by atoms with Gasteiger partial charge in [-0.25, -0.2) is 4.79 Å². The Hall–Kier alpha value is -1.30. The molecular weight excluding hydrogens is 246 g/mol. The minimum absolute atomic E-state index is 0.0416. The molecule has 0 saturated heterocycles. The molecule has 112 valence electrons. The highest BCUT2D eigenvalue weighted by Gasteiger charge is 2.19. The van der Waals surface area contributed by atoms with Crippen LogP contribution in [0.3, 0.4) is 0 Å². The monoisotopic (exact) mass is 273 g/mol. The number of carboxylic acid groups (broad SMARTS) is 1. The first kappa shape index (κ1) is 17.7. The fourth-order valence-corrected chi connectivity index (χ4v) is 1.66. The van der Waals surface area contributed by atoms with E-state index in [-0.39, 0.29) is 18.6 Å². The van der Waals surface area contributed by atoms with E-state index in [1.807, 2.05) is 32.8 Å². The minimum Gasteiger partial charge on any atom is -0.481 e. The highest BCUT2D eigenvalue weighted by atomic mass is 16.4. The summed E-state index contributed by atoms with van der Waals surface area (Å²) >= 11 is 0. The van der Waals surface area contributed by atoms with Gasteiger partial charge in [-0.3, -0.25) is 4.79 Å². The number of carbonyl (C=O) groups is 2. The second-order valence-corrected chi connectivity index (χ2v) is 5.41. The third kappa shape index (κ3) is 7.66. The van der Waals surface area contributed by atoms with Crippen LogP contribution >= 0.6 is 0 Å². The van der Waals surface area contributed by atoms with Gasteiger partial charge >= 0.3 is 12.0 Å². The molecule has 0 fully saturated rings. The molecular formula is C13H27N3O3. The Kier molecular flexibility index (Phi) is 8.14. The Balaban J connectivity index is 4.23. The van der Waals surface area contributed by atoms with E-state index in [9.17, 15) is 9.59 Å². The number of carbonyl (C=O) groups excluding carboxylic acids is 1. The highest BCUT2D eigenvalue weighted by Crippen LogP contribution is 2.03. The Morgan fingerprint density at radius 2 is 1.84 bits per heavy atom. The molecule has 6 nitrogen and oxygen atoms in total. The summed E-state index contributed by atoms with van der Waals surface area (Å²) in [6.45, 7) is 6.79. The average molecular weight is 273 g/mol. The first-order valence-electron chi connectivity index (χ1n) is 6.69. The van der Waals surface area contributed by atoms with Crippen LogP contribution in [-0.4, -0.2) is 55.2 Å². The molecule has 0 aromatic rings. The van der Waals surface area contributed by atoms with Crippen LogP contribution in [0.1, 0.15) is 27.2 Å². The van der Waals surface area contributed by atoms with Gasteiger partial charge in [0, 0.05) is 19.1 Å². The summed E-state index contributed by atoms with van der Waals surface area (Å²) in [7, 11) is 3.90. The van der Waals surface area contributed by atoms with Crippen LogP contribution in [0.15, 0.2) is 0 Å². The topological polar surface area (TPSA) is 81.7 Å². The van der Waals surface area contributed by atoms with E-state index in [0.717, 1.165) is 6.54 Å². The quantitative estimate of drug-likeness (QED) is 0.616. The summed E-state index contributed by atoms with van der Waals surface area (Å²) in [5, 5.41) is 14.4. The molecule has 0 radical (unpaired) electrons. The van der Waals surface area contributed by atoms with Gasteiger partial charge in [0.25, 0.3) is 0 Å². The van der Waals surface area contributed by atoms with Gasteiger partial charge in [-0.05, 0) is 26.4 Å². The van der Waals surface area contributed by atoms with Crippen molar-refractivity contribution in [3.05, 3.63) is 0 Å². The molecule has 0 aromatic heterocycles. The van der Waals surface area contributed by atoms with Crippen LogP contribution in [0.2, 0.25) is 0 Å². The lowest BCUT2D eigenvalue weighted by Gasteiger charge is -2.26. The Morgan fingerprint density at radius 3 is 2.21 bits per heavy atom. The van der Waals surface area contributed by atoms with Crippen molar-refractivity contribution < 1.29 is 14.7 Å². The molecule has 0 aliphatic rings. The Morgan fingerprint density at radius 1 is 1.26 bits per heavy atom. The number of urea groups is 1. The van der Waals surface area contributed by atoms with Gasteiger partial charge in [0.1, 0.15) is 0 Å². The lowest BCUT2D eigenvalue weighted by Crippen LogP contribution is -2.50. The van der Waals surface area contributed by atoms with E-state index in [1.165, 1.54) is 0 Å². The summed E-state index contributed by atoms with van der Waals surface area (Å²) in [6, 6.07) is -0.264. The molecule has 6 heteroatoms. The van der Waals surface area contributed by atoms with Crippen LogP contribution in [0.25, 0.3) is 0 Å². The van der Waals surface area contributed by atoms with Gasteiger partial charge in [-0.2, -0.15) is 0 Å². The lowest BCUT2D eigenvalue weighted by atomic mass is 10.0. The van der Waals surface area contributed by atoms with E-state index in [0.29, 0.717) is 12.3 Å². The van der Waals surface area contributed by atoms with Gasteiger partial charge in [0.15, 0.2) is 0 Å². The first-order chi connectivity index (χ1) is 8.77. The number of rotatable bonds is 8. The van der Waals surface area contributed by atoms with Gasteiger partial charge < -0.3 is 20.6 Å². The van der Waals surface area contributed by atoms with E-state index < -0.39 is 11.9 Å². The van der Waals surface area contributed by atoms with Crippen LogP contribution in [-0.2, 0) is 4.79 Å². The molecule has 3 N–H and O–H groups in total. The molecule has 0 heterocycles. The molecule has 0 spiro atoms. The van der Waals surface area contributed by atoms with Crippen LogP contribution in [0.5, 0.6) is 0 Å². The maximum absolute atomic E-state index is 11.7. The number of carboxylic acids is 1. The predicted octanol–water partition coefficient (Wildman–Crippen LogP) is 0.983. The molecule has 2 unspecified atom stereocenters. The zero-order chi connectivity index (χ0) is 15.0. The summed E-state index contributed by atoms with van der Waals surface area (Å²) in [6.07, 6.45) is 0.501. The zero-order valence-electron chi connectivity index (χ0n) is 12.6. The van der Waals surface area contributed by atoms with E-state index in [4.69, 9.17) is 5.11 Å². The fourth-order valence-electron chi connectivity index (χ4n) is 1.66. The number of nitrogens with zero attached hydrogens (tertiary/aromatic N) is 1. The summed E-state index contributed by atoms with van der Waals surface area (Å²) < 4.78 is 0. The second kappa shape index (κ2) is 8.74. The van der Waals surface area contributed by atoms with Crippen molar-refractivity contribution in [3.63, 3.8) is 0 Å². The Bertz CT molecular complexity index is 293. The first-order valence-corrected chi connectivity index (χ1v) is 6.69. The summed E-state index contributed by atoms with van der Waals surface area (Å²) in [5.74, 6) is -1.09. The van der Waals surface area contributed by atoms with Gasteiger partial charge in [-0.1, -0.05) is 20.8 Å². The third-order valence-electron chi connectivity index (χ3n) is 3.03. The average Bonchev–Trinajstić information content (AvgIpc) is 2.27. The number of hydrogen-bond donors (Lipinski definition) is 3. The summed E-state index contributed by atoms with van der Waals surface area (Å²) in [5.41, 5.74) is 0. The van der Waals surface area contributed by atoms with Crippen molar-refractivity contribution in [2.45, 2.75) is 33.2 Å². The van der Waals surface area contributed by atoms with Gasteiger partial charge in [-0.15, -0.1) is 0 Å². The molecule has 0 rings (SSSR count). The van der Waals surface area contributed by atoms with Crippen molar-refractivity contribution in [1.29, 1.82) is 0 Å². The van der Waals surface area contributed by atoms with Crippen LogP contribution in [0, 0.1) is 11.8 Å². The van der Waals surface area contributed by atoms with Crippen molar-refractivity contribution in [3.8, 4) is 0 Å². The normalized spacial score (nSPS) is 14.3. The number of nitrogens with one attached hydrogen (secondary N) is 2. The zero-order valence-corrected chi connectivity index (χ0v) is 12.6. The van der Waals surface area contributed by atoms with E-state index in [2.05, 4.69) is 10.6 Å². The standard InChI is InChI=1S/C13H27N3O3/c1-6-10(12(17)18)7-14-13(19)15-11(9(2)3)8-16(4)5/h9-11H,6-8H2,1-5H3,(H,17,18)(H2,14,15,19). The van der Waals surface area contributed by atoms with Crippen molar-refractivity contribution in [2.75, 3.05) is 27.2 Å². The smallest absolute Gasteiger partial charge is 0.315 e. The van der Waals surface area contributed by atoms with E-state index >= 15 is 0 Å². The number of aliphatic carboxylic acids is 1. The molecule has 0 saturated carbocycles. The SMILES string of the molecule is CCC(CNC(=O)NC(CN(C)C)C(C)C)C(=O)O. The minimum atomic E-state index is -0.878. The largest absolute Gasteiger partial charge is 0.481 e. The third-order valence-corrected chi connectivity index (χ3v) is 3.03. The van der Waals surface area contributed by atoms with Gasteiger partial charge in [0.2, 0.25) is 0 Å². The molecule has 19 heavy (non-hydrogen) atoms. The fraction of sp³-hybridized carbons (Fsp3) is 0.846. The number of hydrogen-bond acceptors (Lipinski definition) is 3. The van der Waals surface area contributed by atoms with Crippen molar-refractivity contribution in [1.82, 2.24) is 15.5 Å². The number of amides is 2. The van der Waals surface area contributed by atoms with Crippen LogP contribution < -0.4 is 10.6 Å². The molecule has 0 bridgehead atoms.